The van der Waals surface area contributed by atoms with Crippen LogP contribution in [0, 0.1) is 5.82 Å². The van der Waals surface area contributed by atoms with Crippen LogP contribution in [-0.2, 0) is 25.9 Å². The van der Waals surface area contributed by atoms with E-state index in [1.165, 1.54) is 62.4 Å². The number of amides is 1. The fourth-order valence-corrected chi connectivity index (χ4v) is 3.36. The van der Waals surface area contributed by atoms with Gasteiger partial charge in [-0.1, -0.05) is 31.2 Å². The highest BCUT2D eigenvalue weighted by molar-refractivity contribution is 7.91. The van der Waals surface area contributed by atoms with E-state index in [1.807, 2.05) is 0 Å². The van der Waals surface area contributed by atoms with E-state index in [0.717, 1.165) is 0 Å². The van der Waals surface area contributed by atoms with Gasteiger partial charge in [0.15, 0.2) is 15.9 Å². The molecule has 1 N–H and O–H groups in total. The molecule has 0 heterocycles. The summed E-state index contributed by atoms with van der Waals surface area (Å²) in [7, 11) is -3.61. The minimum absolute atomic E-state index is 0.113. The molecule has 0 unspecified atom stereocenters. The molecule has 0 fully saturated rings. The lowest BCUT2D eigenvalue weighted by Crippen LogP contribution is -2.35. The molecule has 0 bridgehead atoms. The SMILES string of the molecule is CCS(=O)(=O)c1ccccc1C(=O)O[C@H](C)C(=O)NCc1ccc(F)cc1. The lowest BCUT2D eigenvalue weighted by Gasteiger charge is -2.15. The van der Waals surface area contributed by atoms with Crippen molar-refractivity contribution >= 4 is 21.7 Å². The topological polar surface area (TPSA) is 89.5 Å². The largest absolute Gasteiger partial charge is 0.449 e. The smallest absolute Gasteiger partial charge is 0.340 e. The van der Waals surface area contributed by atoms with Crippen LogP contribution in [-0.4, -0.2) is 32.2 Å². The molecule has 1 amide bonds. The Morgan fingerprint density at radius 2 is 1.74 bits per heavy atom. The van der Waals surface area contributed by atoms with Crippen LogP contribution < -0.4 is 5.32 Å². The van der Waals surface area contributed by atoms with Crippen LogP contribution in [0.4, 0.5) is 4.39 Å². The van der Waals surface area contributed by atoms with Gasteiger partial charge in [-0.3, -0.25) is 4.79 Å². The summed E-state index contributed by atoms with van der Waals surface area (Å²) < 4.78 is 42.2. The predicted molar refractivity (Wildman–Crippen MR) is 97.3 cm³/mol. The first-order valence-corrected chi connectivity index (χ1v) is 9.94. The lowest BCUT2D eigenvalue weighted by atomic mass is 10.2. The third-order valence-corrected chi connectivity index (χ3v) is 5.64. The number of rotatable bonds is 7. The second-order valence-corrected chi connectivity index (χ2v) is 8.04. The second kappa shape index (κ2) is 8.77. The molecule has 0 spiro atoms. The third-order valence-electron chi connectivity index (χ3n) is 3.86. The Morgan fingerprint density at radius 1 is 1.11 bits per heavy atom. The van der Waals surface area contributed by atoms with Gasteiger partial charge in [0.1, 0.15) is 5.82 Å². The zero-order valence-electron chi connectivity index (χ0n) is 14.9. The number of ether oxygens (including phenoxy) is 1. The third kappa shape index (κ3) is 5.37. The maximum absolute atomic E-state index is 12.9. The number of hydrogen-bond donors (Lipinski definition) is 1. The Labute approximate surface area is 157 Å². The van der Waals surface area contributed by atoms with Crippen molar-refractivity contribution in [2.45, 2.75) is 31.4 Å². The summed E-state index contributed by atoms with van der Waals surface area (Å²) >= 11 is 0. The Kier molecular flexibility index (Phi) is 6.68. The van der Waals surface area contributed by atoms with Gasteiger partial charge >= 0.3 is 5.97 Å². The molecule has 27 heavy (non-hydrogen) atoms. The van der Waals surface area contributed by atoms with Gasteiger partial charge in [0.25, 0.3) is 5.91 Å². The normalized spacial score (nSPS) is 12.3. The van der Waals surface area contributed by atoms with E-state index in [1.54, 1.807) is 0 Å². The molecule has 2 aromatic carbocycles. The van der Waals surface area contributed by atoms with Crippen molar-refractivity contribution in [2.75, 3.05) is 5.75 Å². The Bertz CT molecular complexity index is 925. The molecule has 0 saturated carbocycles. The fourth-order valence-electron chi connectivity index (χ4n) is 2.27. The summed E-state index contributed by atoms with van der Waals surface area (Å²) in [6.45, 7) is 3.00. The Hall–Kier alpha value is -2.74. The van der Waals surface area contributed by atoms with Gasteiger partial charge in [-0.05, 0) is 36.8 Å². The highest BCUT2D eigenvalue weighted by Gasteiger charge is 2.24. The predicted octanol–water partition coefficient (Wildman–Crippen LogP) is 2.48. The van der Waals surface area contributed by atoms with Crippen molar-refractivity contribution in [3.63, 3.8) is 0 Å². The van der Waals surface area contributed by atoms with Crippen LogP contribution in [0.3, 0.4) is 0 Å². The Balaban J connectivity index is 2.03. The van der Waals surface area contributed by atoms with Crippen LogP contribution >= 0.6 is 0 Å². The zero-order chi connectivity index (χ0) is 20.0. The van der Waals surface area contributed by atoms with Gasteiger partial charge in [-0.25, -0.2) is 17.6 Å². The van der Waals surface area contributed by atoms with Gasteiger partial charge in [0.2, 0.25) is 0 Å². The molecular weight excluding hydrogens is 373 g/mol. The number of halogens is 1. The maximum atomic E-state index is 12.9. The van der Waals surface area contributed by atoms with Crippen molar-refractivity contribution in [1.82, 2.24) is 5.32 Å². The fraction of sp³-hybridized carbons (Fsp3) is 0.263. The van der Waals surface area contributed by atoms with Gasteiger partial charge in [0, 0.05) is 6.54 Å². The number of nitrogens with one attached hydrogen (secondary N) is 1. The standard InChI is InChI=1S/C19H20FNO5S/c1-3-27(24,25)17-7-5-4-6-16(17)19(23)26-13(2)18(22)21-12-14-8-10-15(20)11-9-14/h4-11,13H,3,12H2,1-2H3,(H,21,22)/t13-/m1/s1. The molecule has 1 atom stereocenters. The highest BCUT2D eigenvalue weighted by atomic mass is 32.2. The molecule has 0 radical (unpaired) electrons. The molecule has 0 aromatic heterocycles. The molecule has 0 aliphatic rings. The average Bonchev–Trinajstić information content (AvgIpc) is 2.67. The quantitative estimate of drug-likeness (QED) is 0.730. The summed E-state index contributed by atoms with van der Waals surface area (Å²) in [5.74, 6) is -1.99. The minimum Gasteiger partial charge on any atom is -0.449 e. The van der Waals surface area contributed by atoms with E-state index in [9.17, 15) is 22.4 Å². The number of carbonyl (C=O) groups is 2. The van der Waals surface area contributed by atoms with Gasteiger partial charge in [-0.2, -0.15) is 0 Å². The first kappa shape index (κ1) is 20.6. The van der Waals surface area contributed by atoms with Gasteiger partial charge in [0.05, 0.1) is 16.2 Å². The zero-order valence-corrected chi connectivity index (χ0v) is 15.8. The van der Waals surface area contributed by atoms with Crippen molar-refractivity contribution < 1.29 is 27.1 Å². The van der Waals surface area contributed by atoms with E-state index in [2.05, 4.69) is 5.32 Å². The summed E-state index contributed by atoms with van der Waals surface area (Å²) in [6, 6.07) is 11.3. The first-order valence-electron chi connectivity index (χ1n) is 8.29. The number of esters is 1. The van der Waals surface area contributed by atoms with Crippen LogP contribution in [0.1, 0.15) is 29.8 Å². The molecular formula is C19H20FNO5S. The summed E-state index contributed by atoms with van der Waals surface area (Å²) in [5, 5.41) is 2.57. The summed E-state index contributed by atoms with van der Waals surface area (Å²) in [4.78, 5) is 24.3. The molecule has 2 rings (SSSR count). The van der Waals surface area contributed by atoms with E-state index in [0.29, 0.717) is 5.56 Å². The first-order chi connectivity index (χ1) is 12.7. The minimum atomic E-state index is -3.61. The van der Waals surface area contributed by atoms with Gasteiger partial charge in [-0.15, -0.1) is 0 Å². The lowest BCUT2D eigenvalue weighted by molar-refractivity contribution is -0.129. The molecule has 0 saturated heterocycles. The summed E-state index contributed by atoms with van der Waals surface area (Å²) in [5.41, 5.74) is 0.570. The van der Waals surface area contributed by atoms with Crippen molar-refractivity contribution in [3.8, 4) is 0 Å². The van der Waals surface area contributed by atoms with E-state index >= 15 is 0 Å². The number of carbonyl (C=O) groups excluding carboxylic acids is 2. The maximum Gasteiger partial charge on any atom is 0.340 e. The molecule has 8 heteroatoms. The van der Waals surface area contributed by atoms with Crippen molar-refractivity contribution in [2.24, 2.45) is 0 Å². The van der Waals surface area contributed by atoms with Crippen LogP contribution in [0.15, 0.2) is 53.4 Å². The van der Waals surface area contributed by atoms with Crippen LogP contribution in [0.2, 0.25) is 0 Å². The Morgan fingerprint density at radius 3 is 2.37 bits per heavy atom. The molecule has 144 valence electrons. The van der Waals surface area contributed by atoms with E-state index in [-0.39, 0.29) is 28.6 Å². The number of benzene rings is 2. The van der Waals surface area contributed by atoms with Gasteiger partial charge < -0.3 is 10.1 Å². The monoisotopic (exact) mass is 393 g/mol. The van der Waals surface area contributed by atoms with Crippen LogP contribution in [0.5, 0.6) is 0 Å². The number of sulfone groups is 1. The van der Waals surface area contributed by atoms with Crippen LogP contribution in [0.25, 0.3) is 0 Å². The molecule has 2 aromatic rings. The average molecular weight is 393 g/mol. The van der Waals surface area contributed by atoms with E-state index in [4.69, 9.17) is 4.74 Å². The van der Waals surface area contributed by atoms with Crippen molar-refractivity contribution in [1.29, 1.82) is 0 Å². The molecule has 0 aliphatic heterocycles. The summed E-state index contributed by atoms with van der Waals surface area (Å²) in [6.07, 6.45) is -1.13. The van der Waals surface area contributed by atoms with Crippen molar-refractivity contribution in [3.05, 3.63) is 65.5 Å². The number of hydrogen-bond acceptors (Lipinski definition) is 5. The molecule has 0 aliphatic carbocycles. The highest BCUT2D eigenvalue weighted by Crippen LogP contribution is 2.18. The second-order valence-electron chi connectivity index (χ2n) is 5.79. The van der Waals surface area contributed by atoms with E-state index < -0.39 is 27.8 Å². The molecule has 6 nitrogen and oxygen atoms in total.